The van der Waals surface area contributed by atoms with Crippen molar-refractivity contribution < 1.29 is 27.1 Å². The van der Waals surface area contributed by atoms with Gasteiger partial charge in [-0.1, -0.05) is 24.3 Å². The minimum atomic E-state index is -4.55. The van der Waals surface area contributed by atoms with Crippen LogP contribution in [-0.4, -0.2) is 24.1 Å². The maximum absolute atomic E-state index is 13.1. The van der Waals surface area contributed by atoms with Crippen LogP contribution >= 0.6 is 0 Å². The van der Waals surface area contributed by atoms with Crippen LogP contribution in [0, 0.1) is 5.82 Å². The van der Waals surface area contributed by atoms with E-state index in [9.17, 15) is 22.4 Å². The monoisotopic (exact) mass is 445 g/mol. The van der Waals surface area contributed by atoms with Gasteiger partial charge in [0.1, 0.15) is 16.9 Å². The first-order valence-electron chi connectivity index (χ1n) is 9.75. The highest BCUT2D eigenvalue weighted by molar-refractivity contribution is 6.00. The van der Waals surface area contributed by atoms with E-state index in [0.29, 0.717) is 27.9 Å². The molecule has 166 valence electrons. The molecule has 0 atom stereocenters. The summed E-state index contributed by atoms with van der Waals surface area (Å²) in [6.45, 7) is 0.269. The van der Waals surface area contributed by atoms with Gasteiger partial charge >= 0.3 is 6.18 Å². The molecule has 2 heterocycles. The van der Waals surface area contributed by atoms with Crippen LogP contribution in [0.25, 0.3) is 11.1 Å². The number of ether oxygens (including phenoxy) is 1. The van der Waals surface area contributed by atoms with E-state index in [2.05, 4.69) is 10.3 Å². The van der Waals surface area contributed by atoms with E-state index in [1.54, 1.807) is 24.3 Å². The molecule has 1 fully saturated rings. The van der Waals surface area contributed by atoms with Crippen molar-refractivity contribution in [1.29, 1.82) is 0 Å². The van der Waals surface area contributed by atoms with Gasteiger partial charge in [-0.3, -0.25) is 9.78 Å². The number of alkyl halides is 3. The molecular weight excluding hydrogens is 426 g/mol. The first-order chi connectivity index (χ1) is 15.2. The molecule has 1 amide bonds. The highest BCUT2D eigenvalue weighted by Gasteiger charge is 2.47. The Morgan fingerprint density at radius 1 is 1.09 bits per heavy atom. The molecule has 0 radical (unpaired) electrons. The van der Waals surface area contributed by atoms with Crippen LogP contribution in [0.15, 0.2) is 60.8 Å². The number of aromatic nitrogens is 1. The van der Waals surface area contributed by atoms with Gasteiger partial charge in [-0.2, -0.15) is 13.2 Å². The molecule has 1 aliphatic rings. The largest absolute Gasteiger partial charge is 0.433 e. The first-order valence-corrected chi connectivity index (χ1v) is 9.75. The van der Waals surface area contributed by atoms with Gasteiger partial charge < -0.3 is 15.8 Å². The predicted octanol–water partition coefficient (Wildman–Crippen LogP) is 4.27. The minimum Gasteiger partial charge on any atom is -0.378 e. The molecule has 4 rings (SSSR count). The zero-order valence-electron chi connectivity index (χ0n) is 16.7. The van der Waals surface area contributed by atoms with E-state index in [4.69, 9.17) is 10.5 Å². The van der Waals surface area contributed by atoms with Gasteiger partial charge in [0.2, 0.25) is 5.91 Å². The van der Waals surface area contributed by atoms with Crippen LogP contribution in [0.1, 0.15) is 16.8 Å². The van der Waals surface area contributed by atoms with Crippen molar-refractivity contribution in [3.8, 4) is 11.1 Å². The smallest absolute Gasteiger partial charge is 0.378 e. The van der Waals surface area contributed by atoms with Crippen molar-refractivity contribution in [1.82, 2.24) is 4.98 Å². The lowest BCUT2D eigenvalue weighted by atomic mass is 9.77. The number of benzene rings is 2. The lowest BCUT2D eigenvalue weighted by molar-refractivity contribution is -0.141. The summed E-state index contributed by atoms with van der Waals surface area (Å²) in [7, 11) is 0. The number of halogens is 4. The Hall–Kier alpha value is -3.30. The van der Waals surface area contributed by atoms with Crippen LogP contribution in [0.2, 0.25) is 0 Å². The average molecular weight is 445 g/mol. The van der Waals surface area contributed by atoms with Crippen LogP contribution in [0.3, 0.4) is 0 Å². The van der Waals surface area contributed by atoms with Gasteiger partial charge in [0.05, 0.1) is 13.2 Å². The predicted molar refractivity (Wildman–Crippen MR) is 110 cm³/mol. The van der Waals surface area contributed by atoms with Crippen molar-refractivity contribution >= 4 is 11.6 Å². The first kappa shape index (κ1) is 21.9. The molecule has 2 aromatic carbocycles. The molecule has 3 aromatic rings. The summed E-state index contributed by atoms with van der Waals surface area (Å²) in [5.74, 6) is -0.697. The Bertz CT molecular complexity index is 1130. The van der Waals surface area contributed by atoms with Gasteiger partial charge in [0.25, 0.3) is 0 Å². The van der Waals surface area contributed by atoms with E-state index in [0.717, 1.165) is 12.3 Å². The molecular formula is C23H19F4N3O2. The Balaban J connectivity index is 1.60. The molecule has 0 spiro atoms. The molecule has 0 unspecified atom stereocenters. The maximum atomic E-state index is 13.1. The molecule has 32 heavy (non-hydrogen) atoms. The Labute approximate surface area is 181 Å². The number of anilines is 1. The third-order valence-electron chi connectivity index (χ3n) is 5.48. The summed E-state index contributed by atoms with van der Waals surface area (Å²) in [5, 5.41) is 2.78. The third kappa shape index (κ3) is 4.09. The number of pyridine rings is 1. The van der Waals surface area contributed by atoms with Crippen LogP contribution < -0.4 is 11.1 Å². The van der Waals surface area contributed by atoms with Crippen molar-refractivity contribution in [2.75, 3.05) is 18.5 Å². The number of nitrogens with two attached hydrogens (primary N) is 1. The van der Waals surface area contributed by atoms with Gasteiger partial charge in [0, 0.05) is 24.0 Å². The standard InChI is InChI=1S/C23H19F4N3O2/c24-17-5-7-18(8-6-17)30-21(31)22(12-32-13-22)16-3-1-14(2-4-16)19-11-29-20(23(25,26)27)9-15(19)10-28/h1-9,11H,10,12-13,28H2,(H,30,31). The normalized spacial score (nSPS) is 15.2. The van der Waals surface area contributed by atoms with Gasteiger partial charge in [-0.25, -0.2) is 4.39 Å². The summed E-state index contributed by atoms with van der Waals surface area (Å²) < 4.78 is 57.3. The number of hydrogen-bond donors (Lipinski definition) is 2. The van der Waals surface area contributed by atoms with E-state index < -0.39 is 23.1 Å². The number of rotatable bonds is 5. The van der Waals surface area contributed by atoms with Crippen molar-refractivity contribution in [2.45, 2.75) is 18.1 Å². The SMILES string of the molecule is NCc1cc(C(F)(F)F)ncc1-c1ccc(C2(C(=O)Nc3ccc(F)cc3)COC2)cc1. The molecule has 9 heteroatoms. The van der Waals surface area contributed by atoms with Crippen LogP contribution in [-0.2, 0) is 27.7 Å². The quantitative estimate of drug-likeness (QED) is 0.575. The topological polar surface area (TPSA) is 77.2 Å². The van der Waals surface area contributed by atoms with Crippen molar-refractivity contribution in [3.05, 3.63) is 83.4 Å². The van der Waals surface area contributed by atoms with Crippen LogP contribution in [0.4, 0.5) is 23.2 Å². The van der Waals surface area contributed by atoms with Crippen molar-refractivity contribution in [3.63, 3.8) is 0 Å². The molecule has 0 bridgehead atoms. The molecule has 0 saturated carbocycles. The number of nitrogens with zero attached hydrogens (tertiary/aromatic N) is 1. The fraction of sp³-hybridized carbons (Fsp3) is 0.217. The minimum absolute atomic E-state index is 0.0828. The van der Waals surface area contributed by atoms with Crippen LogP contribution in [0.5, 0.6) is 0 Å². The highest BCUT2D eigenvalue weighted by atomic mass is 19.4. The number of nitrogens with one attached hydrogen (secondary N) is 1. The highest BCUT2D eigenvalue weighted by Crippen LogP contribution is 2.36. The lowest BCUT2D eigenvalue weighted by Gasteiger charge is -2.40. The summed E-state index contributed by atoms with van der Waals surface area (Å²) in [6.07, 6.45) is -3.40. The summed E-state index contributed by atoms with van der Waals surface area (Å²) >= 11 is 0. The number of carbonyl (C=O) groups is 1. The van der Waals surface area contributed by atoms with E-state index in [1.807, 2.05) is 0 Å². The molecule has 5 nitrogen and oxygen atoms in total. The maximum Gasteiger partial charge on any atom is 0.433 e. The van der Waals surface area contributed by atoms with Gasteiger partial charge in [-0.15, -0.1) is 0 Å². The second kappa shape index (κ2) is 8.33. The van der Waals surface area contributed by atoms with Gasteiger partial charge in [0.15, 0.2) is 0 Å². The van der Waals surface area contributed by atoms with E-state index >= 15 is 0 Å². The van der Waals surface area contributed by atoms with Crippen molar-refractivity contribution in [2.24, 2.45) is 5.73 Å². The number of amides is 1. The van der Waals surface area contributed by atoms with E-state index in [1.165, 1.54) is 24.3 Å². The average Bonchev–Trinajstić information content (AvgIpc) is 2.74. The second-order valence-electron chi connectivity index (χ2n) is 7.54. The Morgan fingerprint density at radius 2 is 1.75 bits per heavy atom. The number of carbonyl (C=O) groups excluding carboxylic acids is 1. The fourth-order valence-electron chi connectivity index (χ4n) is 3.57. The lowest BCUT2D eigenvalue weighted by Crippen LogP contribution is -2.55. The summed E-state index contributed by atoms with van der Waals surface area (Å²) in [4.78, 5) is 16.5. The molecule has 0 aliphatic carbocycles. The Morgan fingerprint density at radius 3 is 2.28 bits per heavy atom. The molecule has 1 aliphatic heterocycles. The second-order valence-corrected chi connectivity index (χ2v) is 7.54. The molecule has 1 aromatic heterocycles. The zero-order chi connectivity index (χ0) is 22.9. The van der Waals surface area contributed by atoms with Gasteiger partial charge in [-0.05, 0) is 47.0 Å². The molecule has 1 saturated heterocycles. The third-order valence-corrected chi connectivity index (χ3v) is 5.48. The fourth-order valence-corrected chi connectivity index (χ4v) is 3.57. The summed E-state index contributed by atoms with van der Waals surface area (Å²) in [6, 6.07) is 13.3. The summed E-state index contributed by atoms with van der Waals surface area (Å²) in [5.41, 5.74) is 6.34. The van der Waals surface area contributed by atoms with E-state index in [-0.39, 0.29) is 25.7 Å². The zero-order valence-corrected chi connectivity index (χ0v) is 16.7. The number of hydrogen-bond acceptors (Lipinski definition) is 4. The Kier molecular flexibility index (Phi) is 5.70. The molecule has 3 N–H and O–H groups in total.